The Morgan fingerprint density at radius 1 is 1.18 bits per heavy atom. The van der Waals surface area contributed by atoms with Crippen molar-refractivity contribution in [2.45, 2.75) is 84.2 Å². The van der Waals surface area contributed by atoms with Crippen LogP contribution in [0.3, 0.4) is 0 Å². The molecule has 7 unspecified atom stereocenters. The van der Waals surface area contributed by atoms with Crippen LogP contribution < -0.4 is 0 Å². The molecule has 0 bridgehead atoms. The van der Waals surface area contributed by atoms with Gasteiger partial charge in [-0.05, 0) is 80.5 Å². The number of nitrogens with one attached hydrogen (secondary N) is 1. The summed E-state index contributed by atoms with van der Waals surface area (Å²) in [4.78, 5) is 17.3. The molecule has 0 aliphatic heterocycles. The van der Waals surface area contributed by atoms with E-state index in [4.69, 9.17) is 15.0 Å². The number of oxime groups is 1. The Balaban J connectivity index is 1.37. The molecule has 0 heterocycles. The Kier molecular flexibility index (Phi) is 5.41. The monoisotopic (exact) mass is 388 g/mol. The molecule has 1 N–H and O–H groups in total. The van der Waals surface area contributed by atoms with Crippen molar-refractivity contribution in [2.75, 3.05) is 6.61 Å². The number of carbonyl (C=O) groups is 1. The number of rotatable bonds is 5. The minimum Gasteiger partial charge on any atom is -0.378 e. The summed E-state index contributed by atoms with van der Waals surface area (Å²) >= 11 is 0. The fraction of sp³-hybridized carbons (Fsp3) is 0.870. The van der Waals surface area contributed by atoms with Crippen molar-refractivity contribution >= 4 is 18.4 Å². The van der Waals surface area contributed by atoms with E-state index in [2.05, 4.69) is 25.7 Å². The summed E-state index contributed by atoms with van der Waals surface area (Å²) in [6, 6.07) is 0. The molecular formula is C23H36N2O3. The zero-order valence-corrected chi connectivity index (χ0v) is 17.5. The molecule has 0 amide bonds. The molecule has 0 aromatic heterocycles. The van der Waals surface area contributed by atoms with Crippen LogP contribution in [0.1, 0.15) is 78.1 Å². The van der Waals surface area contributed by atoms with Gasteiger partial charge in [0, 0.05) is 25.0 Å². The summed E-state index contributed by atoms with van der Waals surface area (Å²) in [5.41, 5.74) is 0.399. The minimum atomic E-state index is -0.0164. The maximum absolute atomic E-state index is 12.5. The molecule has 156 valence electrons. The molecule has 4 fully saturated rings. The van der Waals surface area contributed by atoms with Gasteiger partial charge in [-0.15, -0.1) is 0 Å². The first kappa shape index (κ1) is 20.1. The molecule has 4 aliphatic carbocycles. The summed E-state index contributed by atoms with van der Waals surface area (Å²) < 4.78 is 6.10. The first-order valence-electron chi connectivity index (χ1n) is 11.2. The van der Waals surface area contributed by atoms with E-state index < -0.39 is 0 Å². The van der Waals surface area contributed by atoms with Gasteiger partial charge in [0.05, 0.1) is 12.7 Å². The Hall–Kier alpha value is -1.23. The van der Waals surface area contributed by atoms with Crippen LogP contribution in [-0.4, -0.2) is 31.1 Å². The van der Waals surface area contributed by atoms with Gasteiger partial charge in [0.1, 0.15) is 5.78 Å². The Bertz CT molecular complexity index is 650. The van der Waals surface area contributed by atoms with Crippen LogP contribution in [0.15, 0.2) is 5.16 Å². The number of fused-ring (bicyclic) bond motifs is 5. The second-order valence-corrected chi connectivity index (χ2v) is 10.2. The first-order valence-corrected chi connectivity index (χ1v) is 11.2. The normalized spacial score (nSPS) is 44.9. The van der Waals surface area contributed by atoms with Crippen LogP contribution in [0.5, 0.6) is 0 Å². The molecule has 0 saturated heterocycles. The Morgan fingerprint density at radius 3 is 2.79 bits per heavy atom. The third-order valence-corrected chi connectivity index (χ3v) is 9.18. The van der Waals surface area contributed by atoms with Gasteiger partial charge < -0.3 is 9.57 Å². The Morgan fingerprint density at radius 2 is 2.00 bits per heavy atom. The lowest BCUT2D eigenvalue weighted by molar-refractivity contribution is -0.145. The van der Waals surface area contributed by atoms with Gasteiger partial charge in [-0.2, -0.15) is 0 Å². The molecule has 0 spiro atoms. The number of hydrogen-bond donors (Lipinski definition) is 1. The van der Waals surface area contributed by atoms with Crippen molar-refractivity contribution < 1.29 is 14.4 Å². The average Bonchev–Trinajstić information content (AvgIpc) is 2.97. The standard InChI is InChI=1S/C23H36N2O3/c1-22-11-8-16(27-13-10-21(24)28-25-3)14-15(22)4-5-17-18-6-7-20(26)23(18,2)12-9-19(17)22/h15-19,24H,3-14H2,1-2H3. The maximum Gasteiger partial charge on any atom is 0.219 e. The fourth-order valence-electron chi connectivity index (χ4n) is 7.58. The fourth-order valence-corrected chi connectivity index (χ4v) is 7.58. The van der Waals surface area contributed by atoms with E-state index in [0.29, 0.717) is 36.2 Å². The zero-order valence-electron chi connectivity index (χ0n) is 17.5. The van der Waals surface area contributed by atoms with Gasteiger partial charge in [-0.3, -0.25) is 10.2 Å². The van der Waals surface area contributed by atoms with E-state index >= 15 is 0 Å². The van der Waals surface area contributed by atoms with E-state index in [-0.39, 0.29) is 11.3 Å². The summed E-state index contributed by atoms with van der Waals surface area (Å²) in [5.74, 6) is 3.58. The van der Waals surface area contributed by atoms with Crippen molar-refractivity contribution in [3.63, 3.8) is 0 Å². The maximum atomic E-state index is 12.5. The summed E-state index contributed by atoms with van der Waals surface area (Å²) in [6.07, 6.45) is 11.2. The molecule has 4 rings (SSSR count). The second-order valence-electron chi connectivity index (χ2n) is 10.2. The van der Waals surface area contributed by atoms with Gasteiger partial charge in [-0.1, -0.05) is 19.0 Å². The molecule has 0 aromatic rings. The summed E-state index contributed by atoms with van der Waals surface area (Å²) in [6.45, 7) is 8.58. The molecule has 4 saturated carbocycles. The third-order valence-electron chi connectivity index (χ3n) is 9.18. The van der Waals surface area contributed by atoms with Gasteiger partial charge in [0.2, 0.25) is 5.90 Å². The van der Waals surface area contributed by atoms with E-state index in [1.165, 1.54) is 25.7 Å². The molecule has 5 nitrogen and oxygen atoms in total. The van der Waals surface area contributed by atoms with Crippen LogP contribution >= 0.6 is 0 Å². The van der Waals surface area contributed by atoms with Crippen molar-refractivity contribution in [3.8, 4) is 0 Å². The average molecular weight is 389 g/mol. The molecule has 0 aromatic carbocycles. The van der Waals surface area contributed by atoms with Crippen LogP contribution in [0.4, 0.5) is 0 Å². The van der Waals surface area contributed by atoms with Gasteiger partial charge in [-0.25, -0.2) is 0 Å². The lowest BCUT2D eigenvalue weighted by Gasteiger charge is -2.60. The van der Waals surface area contributed by atoms with Crippen molar-refractivity contribution in [1.29, 1.82) is 5.41 Å². The summed E-state index contributed by atoms with van der Waals surface area (Å²) in [5, 5.41) is 10.9. The highest BCUT2D eigenvalue weighted by molar-refractivity contribution is 5.87. The van der Waals surface area contributed by atoms with Crippen LogP contribution in [0, 0.1) is 39.9 Å². The summed E-state index contributed by atoms with van der Waals surface area (Å²) in [7, 11) is 0. The van der Waals surface area contributed by atoms with Crippen molar-refractivity contribution in [1.82, 2.24) is 0 Å². The van der Waals surface area contributed by atoms with Gasteiger partial charge >= 0.3 is 0 Å². The SMILES string of the molecule is C=NOC(=N)CCOC1CCC2(C)C(CCC3C4CCC(=O)C4(C)CCC32)C1. The lowest BCUT2D eigenvalue weighted by atomic mass is 9.45. The minimum absolute atomic E-state index is 0.0164. The zero-order chi connectivity index (χ0) is 19.9. The van der Waals surface area contributed by atoms with Crippen molar-refractivity contribution in [2.24, 2.45) is 39.7 Å². The molecule has 7 atom stereocenters. The number of ether oxygens (including phenoxy) is 1. The highest BCUT2D eigenvalue weighted by Gasteiger charge is 2.60. The first-order chi connectivity index (χ1) is 13.4. The Labute approximate surface area is 169 Å². The van der Waals surface area contributed by atoms with Crippen molar-refractivity contribution in [3.05, 3.63) is 0 Å². The predicted molar refractivity (Wildman–Crippen MR) is 109 cm³/mol. The largest absolute Gasteiger partial charge is 0.378 e. The smallest absolute Gasteiger partial charge is 0.219 e. The number of nitrogens with zero attached hydrogens (tertiary/aromatic N) is 1. The van der Waals surface area contributed by atoms with Crippen LogP contribution in [0.25, 0.3) is 0 Å². The number of Topliss-reactive ketones (excluding diaryl/α,β-unsaturated/α-hetero) is 1. The lowest BCUT2D eigenvalue weighted by Crippen LogP contribution is -2.54. The van der Waals surface area contributed by atoms with E-state index in [0.717, 1.165) is 49.9 Å². The van der Waals surface area contributed by atoms with Gasteiger partial charge in [0.15, 0.2) is 0 Å². The number of ketones is 1. The predicted octanol–water partition coefficient (Wildman–Crippen LogP) is 4.98. The number of carbonyl (C=O) groups excluding carboxylic acids is 1. The highest BCUT2D eigenvalue weighted by Crippen LogP contribution is 2.65. The molecular weight excluding hydrogens is 352 g/mol. The quantitative estimate of drug-likeness (QED) is 0.410. The topological polar surface area (TPSA) is 71.7 Å². The van der Waals surface area contributed by atoms with E-state index in [1.54, 1.807) is 0 Å². The molecule has 0 radical (unpaired) electrons. The third kappa shape index (κ3) is 3.24. The second kappa shape index (κ2) is 7.55. The number of hydrogen-bond acceptors (Lipinski definition) is 5. The van der Waals surface area contributed by atoms with E-state index in [9.17, 15) is 4.79 Å². The molecule has 4 aliphatic rings. The highest BCUT2D eigenvalue weighted by atomic mass is 16.6. The van der Waals surface area contributed by atoms with Crippen LogP contribution in [-0.2, 0) is 14.4 Å². The molecule has 5 heteroatoms. The van der Waals surface area contributed by atoms with Gasteiger partial charge in [0.25, 0.3) is 0 Å². The molecule has 28 heavy (non-hydrogen) atoms. The van der Waals surface area contributed by atoms with E-state index in [1.807, 2.05) is 0 Å². The van der Waals surface area contributed by atoms with Crippen LogP contribution in [0.2, 0.25) is 0 Å².